The second kappa shape index (κ2) is 9.09. The summed E-state index contributed by atoms with van der Waals surface area (Å²) in [7, 11) is 0. The summed E-state index contributed by atoms with van der Waals surface area (Å²) < 4.78 is 14.7. The summed E-state index contributed by atoms with van der Waals surface area (Å²) in [6.45, 7) is 9.35. The van der Waals surface area contributed by atoms with Crippen LogP contribution in [0.5, 0.6) is 0 Å². The van der Waals surface area contributed by atoms with E-state index in [4.69, 9.17) is 0 Å². The van der Waals surface area contributed by atoms with Gasteiger partial charge in [-0.25, -0.2) is 9.82 Å². The molecule has 2 aliphatic heterocycles. The molecule has 4 aliphatic rings. The lowest BCUT2D eigenvalue weighted by molar-refractivity contribution is -0.148. The molecule has 4 rings (SSSR count). The van der Waals surface area contributed by atoms with Crippen molar-refractivity contribution in [1.29, 1.82) is 0 Å². The molecule has 0 aromatic carbocycles. The molecule has 0 unspecified atom stereocenters. The number of rotatable bonds is 9. The van der Waals surface area contributed by atoms with Crippen molar-refractivity contribution in [3.63, 3.8) is 0 Å². The molecule has 4 amide bonds. The molecule has 2 saturated heterocycles. The van der Waals surface area contributed by atoms with Crippen LogP contribution in [0.3, 0.4) is 0 Å². The Morgan fingerprint density at radius 3 is 2.53 bits per heavy atom. The van der Waals surface area contributed by atoms with Gasteiger partial charge in [0.25, 0.3) is 11.8 Å². The molecule has 4 N–H and O–H groups in total. The summed E-state index contributed by atoms with van der Waals surface area (Å²) in [6, 6.07) is -1.55. The third kappa shape index (κ3) is 4.29. The van der Waals surface area contributed by atoms with E-state index < -0.39 is 23.7 Å². The van der Waals surface area contributed by atoms with Crippen LogP contribution >= 0.6 is 0 Å². The maximum Gasteiger partial charge on any atom is 0.258 e. The number of carbonyl (C=O) groups excluding carboxylic acids is 4. The quantitative estimate of drug-likeness (QED) is 0.362. The molecule has 0 radical (unpaired) electrons. The van der Waals surface area contributed by atoms with Gasteiger partial charge in [0, 0.05) is 19.6 Å². The molecular formula is C24H38FN5O4. The van der Waals surface area contributed by atoms with Crippen LogP contribution in [0.15, 0.2) is 0 Å². The van der Waals surface area contributed by atoms with Crippen LogP contribution in [0.1, 0.15) is 59.8 Å². The largest absolute Gasteiger partial charge is 0.356 e. The number of carbonyl (C=O) groups is 4. The number of fused-ring (bicyclic) bond motifs is 1. The fraction of sp³-hybridized carbons (Fsp3) is 0.833. The van der Waals surface area contributed by atoms with Gasteiger partial charge in [0.05, 0.1) is 5.92 Å². The average molecular weight is 480 g/mol. The molecule has 4 fully saturated rings. The summed E-state index contributed by atoms with van der Waals surface area (Å²) >= 11 is 0. The van der Waals surface area contributed by atoms with Gasteiger partial charge in [0.15, 0.2) is 5.67 Å². The molecule has 0 bridgehead atoms. The smallest absolute Gasteiger partial charge is 0.258 e. The zero-order chi connectivity index (χ0) is 24.8. The van der Waals surface area contributed by atoms with Crippen molar-refractivity contribution in [2.24, 2.45) is 29.1 Å². The highest BCUT2D eigenvalue weighted by molar-refractivity contribution is 5.95. The van der Waals surface area contributed by atoms with Crippen molar-refractivity contribution in [2.45, 2.75) is 77.6 Å². The molecule has 190 valence electrons. The fourth-order valence-corrected chi connectivity index (χ4v) is 5.83. The third-order valence-corrected chi connectivity index (χ3v) is 8.80. The fourth-order valence-electron chi connectivity index (χ4n) is 5.83. The topological polar surface area (TPSA) is 120 Å². The Morgan fingerprint density at radius 1 is 1.26 bits per heavy atom. The van der Waals surface area contributed by atoms with E-state index in [9.17, 15) is 23.6 Å². The number of nitrogens with one attached hydrogen (secondary N) is 4. The third-order valence-electron chi connectivity index (χ3n) is 8.80. The lowest BCUT2D eigenvalue weighted by atomic mass is 9.81. The minimum absolute atomic E-state index is 0.0143. The van der Waals surface area contributed by atoms with Crippen molar-refractivity contribution in [2.75, 3.05) is 19.6 Å². The first-order chi connectivity index (χ1) is 16.0. The summed E-state index contributed by atoms with van der Waals surface area (Å²) in [4.78, 5) is 52.8. The summed E-state index contributed by atoms with van der Waals surface area (Å²) in [5, 5.41) is 5.45. The standard InChI is InChI=1S/C24H38FN5O4/c1-5-13(2)17(28-22(34)24(25)8-6-9-24)21(33)30-12-15-16(23(15,3)4)18(30)20(32)29-27-11-14-7-10-26-19(14)31/h13-18,27H,5-12H2,1-4H3,(H,26,31)(H,28,34)(H,29,32)/t13-,14-,15-,16-,17-,18-/m0/s1. The van der Waals surface area contributed by atoms with Crippen molar-refractivity contribution < 1.29 is 23.6 Å². The van der Waals surface area contributed by atoms with E-state index in [1.54, 1.807) is 4.90 Å². The maximum atomic E-state index is 14.7. The minimum atomic E-state index is -1.89. The number of likely N-dealkylation sites (tertiary alicyclic amines) is 1. The minimum Gasteiger partial charge on any atom is -0.356 e. The number of halogens is 1. The van der Waals surface area contributed by atoms with Crippen molar-refractivity contribution in [3.05, 3.63) is 0 Å². The van der Waals surface area contributed by atoms with Crippen molar-refractivity contribution >= 4 is 23.6 Å². The van der Waals surface area contributed by atoms with Gasteiger partial charge in [-0.05, 0) is 48.9 Å². The lowest BCUT2D eigenvalue weighted by Gasteiger charge is -2.37. The van der Waals surface area contributed by atoms with E-state index in [0.29, 0.717) is 38.9 Å². The Bertz CT molecular complexity index is 860. The highest BCUT2D eigenvalue weighted by Gasteiger charge is 2.69. The van der Waals surface area contributed by atoms with Crippen LogP contribution in [-0.4, -0.2) is 65.9 Å². The molecule has 0 aromatic heterocycles. The van der Waals surface area contributed by atoms with E-state index in [2.05, 4.69) is 35.3 Å². The molecule has 6 atom stereocenters. The number of amides is 4. The molecule has 0 aromatic rings. The number of hydrazine groups is 1. The van der Waals surface area contributed by atoms with E-state index in [1.165, 1.54) is 0 Å². The lowest BCUT2D eigenvalue weighted by Crippen LogP contribution is -2.61. The van der Waals surface area contributed by atoms with Gasteiger partial charge in [-0.3, -0.25) is 24.6 Å². The van der Waals surface area contributed by atoms with Gasteiger partial charge >= 0.3 is 0 Å². The maximum absolute atomic E-state index is 14.7. The van der Waals surface area contributed by atoms with Crippen LogP contribution in [-0.2, 0) is 19.2 Å². The zero-order valence-electron chi connectivity index (χ0n) is 20.6. The molecule has 2 saturated carbocycles. The van der Waals surface area contributed by atoms with E-state index in [-0.39, 0.29) is 59.6 Å². The average Bonchev–Trinajstić information content (AvgIpc) is 3.14. The zero-order valence-corrected chi connectivity index (χ0v) is 20.6. The highest BCUT2D eigenvalue weighted by atomic mass is 19.1. The second-order valence-corrected chi connectivity index (χ2v) is 11.2. The van der Waals surface area contributed by atoms with Crippen LogP contribution in [0, 0.1) is 29.1 Å². The van der Waals surface area contributed by atoms with Gasteiger partial charge in [-0.15, -0.1) is 0 Å². The number of nitrogens with zero attached hydrogens (tertiary/aromatic N) is 1. The summed E-state index contributed by atoms with van der Waals surface area (Å²) in [5.74, 6) is -1.60. The Labute approximate surface area is 200 Å². The summed E-state index contributed by atoms with van der Waals surface area (Å²) in [6.07, 6.45) is 2.36. The van der Waals surface area contributed by atoms with Crippen LogP contribution in [0.25, 0.3) is 0 Å². The number of hydrogen-bond donors (Lipinski definition) is 4. The Hall–Kier alpha value is -2.23. The molecule has 0 spiro atoms. The van der Waals surface area contributed by atoms with E-state index in [1.807, 2.05) is 13.8 Å². The highest BCUT2D eigenvalue weighted by Crippen LogP contribution is 2.64. The van der Waals surface area contributed by atoms with Crippen LogP contribution < -0.4 is 21.5 Å². The Kier molecular flexibility index (Phi) is 6.65. The van der Waals surface area contributed by atoms with Crippen molar-refractivity contribution in [1.82, 2.24) is 26.4 Å². The van der Waals surface area contributed by atoms with Gasteiger partial charge in [-0.2, -0.15) is 0 Å². The molecule has 10 heteroatoms. The number of piperidine rings is 1. The van der Waals surface area contributed by atoms with Gasteiger partial charge in [0.2, 0.25) is 11.8 Å². The van der Waals surface area contributed by atoms with E-state index in [0.717, 1.165) is 0 Å². The van der Waals surface area contributed by atoms with Gasteiger partial charge in [-0.1, -0.05) is 34.1 Å². The van der Waals surface area contributed by atoms with E-state index >= 15 is 0 Å². The normalized spacial score (nSPS) is 32.1. The van der Waals surface area contributed by atoms with Gasteiger partial charge in [0.1, 0.15) is 12.1 Å². The first-order valence-corrected chi connectivity index (χ1v) is 12.6. The second-order valence-electron chi connectivity index (χ2n) is 11.2. The molecular weight excluding hydrogens is 441 g/mol. The summed E-state index contributed by atoms with van der Waals surface area (Å²) in [5.41, 5.74) is 3.62. The molecule has 9 nitrogen and oxygen atoms in total. The number of alkyl halides is 1. The van der Waals surface area contributed by atoms with Gasteiger partial charge < -0.3 is 15.5 Å². The number of hydrogen-bond acceptors (Lipinski definition) is 5. The SMILES string of the molecule is CC[C@H](C)[C@H](NC(=O)C1(F)CCC1)C(=O)N1C[C@H]2[C@@H]([C@H]1C(=O)NNC[C@@H]1CCNC1=O)C2(C)C. The predicted octanol–water partition coefficient (Wildman–Crippen LogP) is 0.649. The predicted molar refractivity (Wildman–Crippen MR) is 123 cm³/mol. The first-order valence-electron chi connectivity index (χ1n) is 12.6. The van der Waals surface area contributed by atoms with Crippen LogP contribution in [0.2, 0.25) is 0 Å². The van der Waals surface area contributed by atoms with Crippen LogP contribution in [0.4, 0.5) is 4.39 Å². The molecule has 2 heterocycles. The monoisotopic (exact) mass is 479 g/mol. The molecule has 2 aliphatic carbocycles. The first kappa shape index (κ1) is 24.9. The Morgan fingerprint density at radius 2 is 1.97 bits per heavy atom. The van der Waals surface area contributed by atoms with Crippen molar-refractivity contribution in [3.8, 4) is 0 Å². The molecule has 34 heavy (non-hydrogen) atoms. The Balaban J connectivity index is 1.45.